The zero-order valence-electron chi connectivity index (χ0n) is 17.2. The maximum Gasteiger partial charge on any atom is 0.434 e. The normalized spacial score (nSPS) is 11.3. The monoisotopic (exact) mass is 490 g/mol. The maximum absolute atomic E-state index is 14.4. The fourth-order valence-electron chi connectivity index (χ4n) is 3.11. The van der Waals surface area contributed by atoms with Gasteiger partial charge in [0.15, 0.2) is 17.3 Å². The zero-order valence-corrected chi connectivity index (χ0v) is 17.9. The van der Waals surface area contributed by atoms with Crippen molar-refractivity contribution in [2.75, 3.05) is 0 Å². The van der Waals surface area contributed by atoms with E-state index in [4.69, 9.17) is 16.3 Å². The first-order valence-corrected chi connectivity index (χ1v) is 10.2. The third-order valence-electron chi connectivity index (χ3n) is 4.67. The van der Waals surface area contributed by atoms with E-state index in [2.05, 4.69) is 15.4 Å². The molecule has 0 spiro atoms. The second-order valence-electron chi connectivity index (χ2n) is 7.03. The fourth-order valence-corrected chi connectivity index (χ4v) is 3.24. The Bertz CT molecular complexity index is 1310. The number of ether oxygens (including phenoxy) is 1. The van der Waals surface area contributed by atoms with Gasteiger partial charge in [-0.1, -0.05) is 17.7 Å². The molecule has 0 unspecified atom stereocenters. The van der Waals surface area contributed by atoms with Crippen molar-refractivity contribution in [1.82, 2.24) is 20.1 Å². The summed E-state index contributed by atoms with van der Waals surface area (Å²) in [5.74, 6) is -1.45. The third-order valence-corrected chi connectivity index (χ3v) is 4.92. The number of benzene rings is 2. The Kier molecular flexibility index (Phi) is 6.51. The predicted octanol–water partition coefficient (Wildman–Crippen LogP) is 5.80. The summed E-state index contributed by atoms with van der Waals surface area (Å²) in [5.41, 5.74) is -1.50. The SMILES string of the molecule is O=C(NCc1ccc(Oc2cccnc2)c(F)c1)c1cnn(-c2ccc(Cl)cc2)c1C(F)(F)F. The minimum Gasteiger partial charge on any atom is -0.453 e. The number of aromatic nitrogens is 3. The van der Waals surface area contributed by atoms with Crippen molar-refractivity contribution in [2.24, 2.45) is 0 Å². The number of carbonyl (C=O) groups is 1. The van der Waals surface area contributed by atoms with Gasteiger partial charge < -0.3 is 10.1 Å². The number of nitrogens with zero attached hydrogens (tertiary/aromatic N) is 3. The molecule has 0 aliphatic carbocycles. The van der Waals surface area contributed by atoms with Crippen LogP contribution in [0.15, 0.2) is 73.2 Å². The van der Waals surface area contributed by atoms with Crippen LogP contribution in [0.3, 0.4) is 0 Å². The topological polar surface area (TPSA) is 69.0 Å². The van der Waals surface area contributed by atoms with Crippen LogP contribution < -0.4 is 10.1 Å². The average Bonchev–Trinajstić information content (AvgIpc) is 3.26. The van der Waals surface area contributed by atoms with Crippen LogP contribution in [0.4, 0.5) is 17.6 Å². The van der Waals surface area contributed by atoms with E-state index >= 15 is 0 Å². The summed E-state index contributed by atoms with van der Waals surface area (Å²) >= 11 is 5.79. The zero-order chi connectivity index (χ0) is 24.3. The van der Waals surface area contributed by atoms with Crippen molar-refractivity contribution in [3.63, 3.8) is 0 Å². The number of carbonyl (C=O) groups excluding carboxylic acids is 1. The van der Waals surface area contributed by atoms with Gasteiger partial charge >= 0.3 is 6.18 Å². The van der Waals surface area contributed by atoms with Crippen molar-refractivity contribution < 1.29 is 27.1 Å². The maximum atomic E-state index is 14.4. The Hall–Kier alpha value is -3.92. The van der Waals surface area contributed by atoms with Gasteiger partial charge in [-0.05, 0) is 54.1 Å². The molecule has 0 fully saturated rings. The molecule has 1 amide bonds. The summed E-state index contributed by atoms with van der Waals surface area (Å²) in [7, 11) is 0. The van der Waals surface area contributed by atoms with Crippen molar-refractivity contribution in [3.05, 3.63) is 101 Å². The Morgan fingerprint density at radius 3 is 2.50 bits per heavy atom. The molecule has 174 valence electrons. The third kappa shape index (κ3) is 5.18. The van der Waals surface area contributed by atoms with Gasteiger partial charge in [-0.3, -0.25) is 9.78 Å². The molecule has 0 bridgehead atoms. The predicted molar refractivity (Wildman–Crippen MR) is 115 cm³/mol. The second kappa shape index (κ2) is 9.52. The highest BCUT2D eigenvalue weighted by Gasteiger charge is 2.40. The summed E-state index contributed by atoms with van der Waals surface area (Å²) in [4.78, 5) is 16.4. The minimum atomic E-state index is -4.86. The van der Waals surface area contributed by atoms with Crippen LogP contribution in [0.2, 0.25) is 5.02 Å². The van der Waals surface area contributed by atoms with Crippen molar-refractivity contribution in [3.8, 4) is 17.2 Å². The Morgan fingerprint density at radius 1 is 1.09 bits per heavy atom. The van der Waals surface area contributed by atoms with Crippen LogP contribution in [-0.2, 0) is 12.7 Å². The van der Waals surface area contributed by atoms with Crippen LogP contribution in [0.1, 0.15) is 21.6 Å². The molecule has 0 atom stereocenters. The van der Waals surface area contributed by atoms with E-state index in [1.54, 1.807) is 18.3 Å². The highest BCUT2D eigenvalue weighted by Crippen LogP contribution is 2.34. The molecule has 4 rings (SSSR count). The van der Waals surface area contributed by atoms with Gasteiger partial charge in [0.1, 0.15) is 5.75 Å². The van der Waals surface area contributed by atoms with Gasteiger partial charge in [0.2, 0.25) is 0 Å². The average molecular weight is 491 g/mol. The standard InChI is InChI=1S/C23H15ClF4N4O2/c24-15-4-6-16(7-5-15)32-21(23(26,27)28)18(13-31-32)22(33)30-11-14-3-8-20(19(25)10-14)34-17-2-1-9-29-12-17/h1-10,12-13H,11H2,(H,30,33). The summed E-state index contributed by atoms with van der Waals surface area (Å²) in [6, 6.07) is 12.7. The number of amides is 1. The van der Waals surface area contributed by atoms with Crippen molar-refractivity contribution in [1.29, 1.82) is 0 Å². The van der Waals surface area contributed by atoms with Gasteiger partial charge in [-0.15, -0.1) is 0 Å². The lowest BCUT2D eigenvalue weighted by molar-refractivity contribution is -0.143. The molecule has 11 heteroatoms. The molecule has 34 heavy (non-hydrogen) atoms. The molecule has 2 aromatic carbocycles. The summed E-state index contributed by atoms with van der Waals surface area (Å²) in [6.07, 6.45) is -1.08. The minimum absolute atomic E-state index is 0.0633. The van der Waals surface area contributed by atoms with Crippen LogP contribution in [-0.4, -0.2) is 20.7 Å². The van der Waals surface area contributed by atoms with E-state index < -0.39 is 29.2 Å². The molecule has 4 aromatic rings. The summed E-state index contributed by atoms with van der Waals surface area (Å²) in [6.45, 7) is -0.216. The molecular formula is C23H15ClF4N4O2. The lowest BCUT2D eigenvalue weighted by atomic mass is 10.2. The van der Waals surface area contributed by atoms with Gasteiger partial charge in [0.05, 0.1) is 23.6 Å². The number of pyridine rings is 1. The molecule has 2 heterocycles. The molecule has 6 nitrogen and oxygen atoms in total. The number of halogens is 5. The Balaban J connectivity index is 1.51. The highest BCUT2D eigenvalue weighted by atomic mass is 35.5. The number of nitrogens with one attached hydrogen (secondary N) is 1. The van der Waals surface area contributed by atoms with E-state index in [1.807, 2.05) is 0 Å². The Labute approximate surface area is 195 Å². The second-order valence-corrected chi connectivity index (χ2v) is 7.47. The largest absolute Gasteiger partial charge is 0.453 e. The molecular weight excluding hydrogens is 476 g/mol. The molecule has 2 aromatic heterocycles. The van der Waals surface area contributed by atoms with E-state index in [0.717, 1.165) is 12.3 Å². The van der Waals surface area contributed by atoms with Gasteiger partial charge in [-0.25, -0.2) is 9.07 Å². The van der Waals surface area contributed by atoms with Crippen LogP contribution in [0, 0.1) is 5.82 Å². The highest BCUT2D eigenvalue weighted by molar-refractivity contribution is 6.30. The molecule has 1 N–H and O–H groups in total. The fraction of sp³-hybridized carbons (Fsp3) is 0.0870. The number of hydrogen-bond donors (Lipinski definition) is 1. The lowest BCUT2D eigenvalue weighted by Crippen LogP contribution is -2.26. The summed E-state index contributed by atoms with van der Waals surface area (Å²) < 4.78 is 61.7. The van der Waals surface area contributed by atoms with E-state index in [1.165, 1.54) is 42.6 Å². The van der Waals surface area contributed by atoms with E-state index in [9.17, 15) is 22.4 Å². The lowest BCUT2D eigenvalue weighted by Gasteiger charge is -2.13. The number of rotatable bonds is 6. The van der Waals surface area contributed by atoms with Gasteiger partial charge in [0, 0.05) is 17.8 Å². The summed E-state index contributed by atoms with van der Waals surface area (Å²) in [5, 5.41) is 6.44. The van der Waals surface area contributed by atoms with Crippen LogP contribution in [0.25, 0.3) is 5.69 Å². The molecule has 0 saturated heterocycles. The number of hydrogen-bond acceptors (Lipinski definition) is 4. The van der Waals surface area contributed by atoms with Gasteiger partial charge in [0.25, 0.3) is 5.91 Å². The smallest absolute Gasteiger partial charge is 0.434 e. The van der Waals surface area contributed by atoms with Crippen molar-refractivity contribution in [2.45, 2.75) is 12.7 Å². The molecule has 0 aliphatic rings. The van der Waals surface area contributed by atoms with E-state index in [0.29, 0.717) is 21.0 Å². The van der Waals surface area contributed by atoms with Crippen molar-refractivity contribution >= 4 is 17.5 Å². The van der Waals surface area contributed by atoms with Gasteiger partial charge in [-0.2, -0.15) is 18.3 Å². The molecule has 0 radical (unpaired) electrons. The first kappa shape index (κ1) is 23.2. The Morgan fingerprint density at radius 2 is 1.85 bits per heavy atom. The molecule has 0 aliphatic heterocycles. The first-order chi connectivity index (χ1) is 16.2. The number of alkyl halides is 3. The first-order valence-electron chi connectivity index (χ1n) is 9.78. The van der Waals surface area contributed by atoms with Crippen LogP contribution in [0.5, 0.6) is 11.5 Å². The van der Waals surface area contributed by atoms with Crippen LogP contribution >= 0.6 is 11.6 Å². The quantitative estimate of drug-likeness (QED) is 0.347. The van der Waals surface area contributed by atoms with E-state index in [-0.39, 0.29) is 18.0 Å². The molecule has 0 saturated carbocycles.